The van der Waals surface area contributed by atoms with E-state index in [2.05, 4.69) is 9.97 Å². The summed E-state index contributed by atoms with van der Waals surface area (Å²) in [6.45, 7) is 2.00. The maximum absolute atomic E-state index is 11.6. The van der Waals surface area contributed by atoms with Crippen molar-refractivity contribution in [3.63, 3.8) is 0 Å². The molecule has 5 heteroatoms. The van der Waals surface area contributed by atoms with Gasteiger partial charge in [0, 0.05) is 5.56 Å². The van der Waals surface area contributed by atoms with Crippen molar-refractivity contribution < 1.29 is 9.53 Å². The first-order chi connectivity index (χ1) is 8.72. The second kappa shape index (κ2) is 5.27. The van der Waals surface area contributed by atoms with E-state index in [0.29, 0.717) is 5.69 Å². The summed E-state index contributed by atoms with van der Waals surface area (Å²) >= 11 is 0. The van der Waals surface area contributed by atoms with Crippen LogP contribution in [-0.2, 0) is 4.74 Å². The number of hydrogen-bond donors (Lipinski definition) is 1. The lowest BCUT2D eigenvalue weighted by Crippen LogP contribution is -2.12. The Morgan fingerprint density at radius 1 is 1.33 bits per heavy atom. The molecular weight excluding hydrogens is 230 g/mol. The summed E-state index contributed by atoms with van der Waals surface area (Å²) in [5.41, 5.74) is 7.14. The van der Waals surface area contributed by atoms with Crippen molar-refractivity contribution >= 4 is 11.8 Å². The molecule has 2 rings (SSSR count). The quantitative estimate of drug-likeness (QED) is 0.833. The Bertz CT molecular complexity index is 555. The summed E-state index contributed by atoms with van der Waals surface area (Å²) in [5, 5.41) is 0. The zero-order valence-corrected chi connectivity index (χ0v) is 9.96. The van der Waals surface area contributed by atoms with Crippen LogP contribution in [0.5, 0.6) is 0 Å². The number of ether oxygens (including phenoxy) is 1. The molecule has 1 aromatic carbocycles. The van der Waals surface area contributed by atoms with Crippen molar-refractivity contribution in [3.05, 3.63) is 42.2 Å². The number of nitrogens with zero attached hydrogens (tertiary/aromatic N) is 2. The molecule has 0 saturated carbocycles. The molecule has 2 N–H and O–H groups in total. The number of carbonyl (C=O) groups excluding carboxylic acids is 1. The molecule has 0 atom stereocenters. The van der Waals surface area contributed by atoms with Crippen LogP contribution in [0.2, 0.25) is 0 Å². The number of rotatable bonds is 3. The Morgan fingerprint density at radius 2 is 2.06 bits per heavy atom. The van der Waals surface area contributed by atoms with E-state index in [0.717, 1.165) is 5.56 Å². The summed E-state index contributed by atoms with van der Waals surface area (Å²) in [7, 11) is 0. The fourth-order valence-electron chi connectivity index (χ4n) is 1.50. The first-order valence-corrected chi connectivity index (χ1v) is 5.57. The first-order valence-electron chi connectivity index (χ1n) is 5.57. The second-order valence-electron chi connectivity index (χ2n) is 3.58. The van der Waals surface area contributed by atoms with Gasteiger partial charge in [0.2, 0.25) is 0 Å². The van der Waals surface area contributed by atoms with E-state index in [1.165, 1.54) is 6.20 Å². The largest absolute Gasteiger partial charge is 0.461 e. The second-order valence-corrected chi connectivity index (χ2v) is 3.58. The fourth-order valence-corrected chi connectivity index (χ4v) is 1.50. The third-order valence-corrected chi connectivity index (χ3v) is 2.34. The molecule has 18 heavy (non-hydrogen) atoms. The predicted molar refractivity (Wildman–Crippen MR) is 67.8 cm³/mol. The fraction of sp³-hybridized carbons (Fsp3) is 0.154. The molecule has 5 nitrogen and oxygen atoms in total. The van der Waals surface area contributed by atoms with Crippen molar-refractivity contribution in [2.45, 2.75) is 6.92 Å². The van der Waals surface area contributed by atoms with Crippen LogP contribution in [0.25, 0.3) is 11.3 Å². The zero-order valence-electron chi connectivity index (χ0n) is 9.96. The molecule has 0 aliphatic heterocycles. The molecule has 0 aliphatic carbocycles. The minimum atomic E-state index is -0.555. The highest BCUT2D eigenvalue weighted by atomic mass is 16.5. The van der Waals surface area contributed by atoms with Gasteiger partial charge >= 0.3 is 5.97 Å². The molecule has 0 fully saturated rings. The number of benzene rings is 1. The maximum atomic E-state index is 11.6. The number of nitrogens with two attached hydrogens (primary N) is 1. The van der Waals surface area contributed by atoms with E-state index >= 15 is 0 Å². The summed E-state index contributed by atoms with van der Waals surface area (Å²) in [6, 6.07) is 9.44. The standard InChI is InChI=1S/C13H13N3O2/c1-2-18-13(17)11-12(14)15-8-10(16-11)9-6-4-3-5-7-9/h3-8H,2H2,1H3,(H2,14,15). The average molecular weight is 243 g/mol. The van der Waals surface area contributed by atoms with Crippen LogP contribution in [0.1, 0.15) is 17.4 Å². The molecule has 1 aromatic heterocycles. The number of carbonyl (C=O) groups is 1. The van der Waals surface area contributed by atoms with Crippen molar-refractivity contribution in [2.24, 2.45) is 0 Å². The number of aromatic nitrogens is 2. The van der Waals surface area contributed by atoms with Gasteiger partial charge in [-0.2, -0.15) is 0 Å². The van der Waals surface area contributed by atoms with Gasteiger partial charge in [-0.25, -0.2) is 14.8 Å². The van der Waals surface area contributed by atoms with E-state index in [9.17, 15) is 4.79 Å². The van der Waals surface area contributed by atoms with Gasteiger partial charge < -0.3 is 10.5 Å². The molecule has 0 unspecified atom stereocenters. The van der Waals surface area contributed by atoms with Crippen LogP contribution in [0.3, 0.4) is 0 Å². The van der Waals surface area contributed by atoms with Gasteiger partial charge in [0.25, 0.3) is 0 Å². The number of nitrogen functional groups attached to an aromatic ring is 1. The molecule has 0 radical (unpaired) electrons. The lowest BCUT2D eigenvalue weighted by atomic mass is 10.1. The molecule has 92 valence electrons. The van der Waals surface area contributed by atoms with Gasteiger partial charge in [-0.05, 0) is 6.92 Å². The maximum Gasteiger partial charge on any atom is 0.360 e. The smallest absolute Gasteiger partial charge is 0.360 e. The van der Waals surface area contributed by atoms with Gasteiger partial charge in [-0.15, -0.1) is 0 Å². The van der Waals surface area contributed by atoms with Gasteiger partial charge in [0.15, 0.2) is 11.5 Å². The summed E-state index contributed by atoms with van der Waals surface area (Å²) in [5.74, 6) is -0.478. The molecule has 0 amide bonds. The zero-order chi connectivity index (χ0) is 13.0. The van der Waals surface area contributed by atoms with E-state index in [-0.39, 0.29) is 18.1 Å². The minimum Gasteiger partial charge on any atom is -0.461 e. The Kier molecular flexibility index (Phi) is 3.52. The van der Waals surface area contributed by atoms with E-state index in [4.69, 9.17) is 10.5 Å². The Labute approximate surface area is 105 Å². The monoisotopic (exact) mass is 243 g/mol. The topological polar surface area (TPSA) is 78.1 Å². The van der Waals surface area contributed by atoms with Gasteiger partial charge in [-0.1, -0.05) is 30.3 Å². The van der Waals surface area contributed by atoms with Crippen LogP contribution in [-0.4, -0.2) is 22.5 Å². The highest BCUT2D eigenvalue weighted by molar-refractivity contribution is 5.92. The number of hydrogen-bond acceptors (Lipinski definition) is 5. The molecular formula is C13H13N3O2. The lowest BCUT2D eigenvalue weighted by Gasteiger charge is -2.06. The molecule has 2 aromatic rings. The van der Waals surface area contributed by atoms with Crippen LogP contribution >= 0.6 is 0 Å². The van der Waals surface area contributed by atoms with Gasteiger partial charge in [-0.3, -0.25) is 0 Å². The SMILES string of the molecule is CCOC(=O)c1nc(-c2ccccc2)cnc1N. The Hall–Kier alpha value is -2.43. The Morgan fingerprint density at radius 3 is 2.72 bits per heavy atom. The molecule has 0 bridgehead atoms. The van der Waals surface area contributed by atoms with Crippen molar-refractivity contribution in [1.82, 2.24) is 9.97 Å². The minimum absolute atomic E-state index is 0.0539. The van der Waals surface area contributed by atoms with Crippen molar-refractivity contribution in [3.8, 4) is 11.3 Å². The van der Waals surface area contributed by atoms with Gasteiger partial charge in [0.05, 0.1) is 18.5 Å². The van der Waals surface area contributed by atoms with Crippen molar-refractivity contribution in [2.75, 3.05) is 12.3 Å². The van der Waals surface area contributed by atoms with E-state index in [1.807, 2.05) is 30.3 Å². The number of anilines is 1. The van der Waals surface area contributed by atoms with Crippen LogP contribution in [0, 0.1) is 0 Å². The molecule has 1 heterocycles. The Balaban J connectivity index is 2.41. The normalized spacial score (nSPS) is 10.1. The van der Waals surface area contributed by atoms with E-state index in [1.54, 1.807) is 6.92 Å². The predicted octanol–water partition coefficient (Wildman–Crippen LogP) is 1.90. The molecule has 0 aliphatic rings. The summed E-state index contributed by atoms with van der Waals surface area (Å²) in [4.78, 5) is 19.8. The highest BCUT2D eigenvalue weighted by Crippen LogP contribution is 2.18. The number of esters is 1. The van der Waals surface area contributed by atoms with E-state index < -0.39 is 5.97 Å². The third kappa shape index (κ3) is 2.45. The molecule has 0 saturated heterocycles. The first kappa shape index (κ1) is 12.0. The average Bonchev–Trinajstić information content (AvgIpc) is 2.40. The van der Waals surface area contributed by atoms with Crippen LogP contribution < -0.4 is 5.73 Å². The van der Waals surface area contributed by atoms with Gasteiger partial charge in [0.1, 0.15) is 0 Å². The van der Waals surface area contributed by atoms with Crippen LogP contribution in [0.15, 0.2) is 36.5 Å². The third-order valence-electron chi connectivity index (χ3n) is 2.34. The van der Waals surface area contributed by atoms with Crippen molar-refractivity contribution in [1.29, 1.82) is 0 Å². The molecule has 0 spiro atoms. The lowest BCUT2D eigenvalue weighted by molar-refractivity contribution is 0.0520. The highest BCUT2D eigenvalue weighted by Gasteiger charge is 2.15. The summed E-state index contributed by atoms with van der Waals surface area (Å²) in [6.07, 6.45) is 1.54. The summed E-state index contributed by atoms with van der Waals surface area (Å²) < 4.78 is 4.88. The van der Waals surface area contributed by atoms with Crippen LogP contribution in [0.4, 0.5) is 5.82 Å².